The van der Waals surface area contributed by atoms with Gasteiger partial charge in [-0.05, 0) is 44.1 Å². The number of benzene rings is 1. The van der Waals surface area contributed by atoms with Crippen LogP contribution in [0.5, 0.6) is 0 Å². The number of thioether (sulfide) groups is 1. The summed E-state index contributed by atoms with van der Waals surface area (Å²) >= 11 is 1.64. The number of hydrogen-bond acceptors (Lipinski definition) is 3. The number of amides is 1. The van der Waals surface area contributed by atoms with E-state index in [9.17, 15) is 23.1 Å². The molecule has 2 atom stereocenters. The lowest BCUT2D eigenvalue weighted by Gasteiger charge is -2.25. The molecule has 1 amide bonds. The first-order chi connectivity index (χ1) is 12.8. The largest absolute Gasteiger partial charge is 0.393 e. The van der Waals surface area contributed by atoms with E-state index in [0.29, 0.717) is 31.6 Å². The van der Waals surface area contributed by atoms with Crippen LogP contribution >= 0.6 is 11.8 Å². The highest BCUT2D eigenvalue weighted by Crippen LogP contribution is 2.29. The summed E-state index contributed by atoms with van der Waals surface area (Å²) < 4.78 is 36.4. The molecule has 27 heavy (non-hydrogen) atoms. The summed E-state index contributed by atoms with van der Waals surface area (Å²) in [7, 11) is 0. The molecule has 0 aliphatic carbocycles. The fourth-order valence-corrected chi connectivity index (χ4v) is 4.51. The Morgan fingerprint density at radius 2 is 1.89 bits per heavy atom. The van der Waals surface area contributed by atoms with Crippen LogP contribution in [-0.2, 0) is 11.2 Å². The molecular weight excluding hydrogens is 375 g/mol. The van der Waals surface area contributed by atoms with Crippen molar-refractivity contribution in [2.75, 3.05) is 12.3 Å². The third-order valence-electron chi connectivity index (χ3n) is 4.78. The number of alkyl halides is 3. The smallest absolute Gasteiger partial charge is 0.389 e. The van der Waals surface area contributed by atoms with Gasteiger partial charge in [-0.3, -0.25) is 4.79 Å². The van der Waals surface area contributed by atoms with Crippen molar-refractivity contribution in [1.82, 2.24) is 4.90 Å². The molecule has 0 bridgehead atoms. The molecule has 7 heteroatoms. The van der Waals surface area contributed by atoms with E-state index in [-0.39, 0.29) is 17.7 Å². The van der Waals surface area contributed by atoms with Crippen LogP contribution in [0, 0.1) is 0 Å². The Labute approximate surface area is 163 Å². The Morgan fingerprint density at radius 3 is 2.59 bits per heavy atom. The van der Waals surface area contributed by atoms with E-state index < -0.39 is 18.7 Å². The summed E-state index contributed by atoms with van der Waals surface area (Å²) in [6, 6.07) is 10.2. The lowest BCUT2D eigenvalue weighted by molar-refractivity contribution is -0.136. The summed E-state index contributed by atoms with van der Waals surface area (Å²) in [6.07, 6.45) is -1.54. The van der Waals surface area contributed by atoms with Crippen molar-refractivity contribution in [3.63, 3.8) is 0 Å². The van der Waals surface area contributed by atoms with Gasteiger partial charge in [-0.1, -0.05) is 36.8 Å². The molecule has 0 radical (unpaired) electrons. The number of carbonyl (C=O) groups is 1. The van der Waals surface area contributed by atoms with Gasteiger partial charge in [0.1, 0.15) is 0 Å². The number of hydrogen-bond donors (Lipinski definition) is 1. The van der Waals surface area contributed by atoms with Gasteiger partial charge in [0, 0.05) is 13.0 Å². The number of unbranched alkanes of at least 4 members (excludes halogenated alkanes) is 1. The molecular formula is C20H28F3NO2S. The van der Waals surface area contributed by atoms with Crippen molar-refractivity contribution >= 4 is 17.7 Å². The van der Waals surface area contributed by atoms with Crippen molar-refractivity contribution in [1.29, 1.82) is 0 Å². The average Bonchev–Trinajstić information content (AvgIpc) is 2.97. The first-order valence-electron chi connectivity index (χ1n) is 9.55. The minimum Gasteiger partial charge on any atom is -0.393 e. The van der Waals surface area contributed by atoms with Crippen LogP contribution in [0.15, 0.2) is 30.3 Å². The minimum atomic E-state index is -4.13. The number of nitrogens with zero attached hydrogens (tertiary/aromatic N) is 1. The lowest BCUT2D eigenvalue weighted by Crippen LogP contribution is -2.35. The van der Waals surface area contributed by atoms with Gasteiger partial charge in [-0.25, -0.2) is 0 Å². The molecule has 1 heterocycles. The first kappa shape index (κ1) is 22.1. The molecule has 0 spiro atoms. The van der Waals surface area contributed by atoms with Crippen molar-refractivity contribution in [2.45, 2.75) is 69.0 Å². The van der Waals surface area contributed by atoms with Gasteiger partial charge >= 0.3 is 6.18 Å². The molecule has 1 fully saturated rings. The van der Waals surface area contributed by atoms with E-state index in [1.54, 1.807) is 11.8 Å². The molecule has 1 N–H and O–H groups in total. The molecule has 2 rings (SSSR count). The highest BCUT2D eigenvalue weighted by Gasteiger charge is 2.31. The summed E-state index contributed by atoms with van der Waals surface area (Å²) in [5, 5.41) is 10.1. The van der Waals surface area contributed by atoms with Gasteiger partial charge in [0.15, 0.2) is 0 Å². The number of aliphatic hydroxyl groups is 1. The summed E-state index contributed by atoms with van der Waals surface area (Å²) in [4.78, 5) is 13.9. The van der Waals surface area contributed by atoms with E-state index in [2.05, 4.69) is 12.1 Å². The molecule has 152 valence electrons. The predicted molar refractivity (Wildman–Crippen MR) is 102 cm³/mol. The molecule has 1 aliphatic heterocycles. The molecule has 3 nitrogen and oxygen atoms in total. The topological polar surface area (TPSA) is 40.5 Å². The van der Waals surface area contributed by atoms with E-state index in [0.717, 1.165) is 19.3 Å². The fourth-order valence-electron chi connectivity index (χ4n) is 3.27. The Balaban J connectivity index is 1.66. The monoisotopic (exact) mass is 403 g/mol. The molecule has 0 saturated carbocycles. The van der Waals surface area contributed by atoms with Gasteiger partial charge in [0.2, 0.25) is 5.91 Å². The summed E-state index contributed by atoms with van der Waals surface area (Å²) in [5.74, 6) is 0.562. The fraction of sp³-hybridized carbons (Fsp3) is 0.650. The Bertz CT molecular complexity index is 568. The van der Waals surface area contributed by atoms with Gasteiger partial charge < -0.3 is 10.0 Å². The number of halogens is 3. The zero-order valence-corrected chi connectivity index (χ0v) is 16.3. The number of rotatable bonds is 11. The molecule has 2 unspecified atom stereocenters. The van der Waals surface area contributed by atoms with Crippen LogP contribution in [0.1, 0.15) is 50.5 Å². The van der Waals surface area contributed by atoms with Crippen LogP contribution in [-0.4, -0.2) is 45.9 Å². The maximum absolute atomic E-state index is 12.1. The van der Waals surface area contributed by atoms with Gasteiger partial charge in [-0.2, -0.15) is 13.2 Å². The number of aryl methyl sites for hydroxylation is 1. The lowest BCUT2D eigenvalue weighted by atomic mass is 10.1. The third kappa shape index (κ3) is 8.56. The van der Waals surface area contributed by atoms with Crippen molar-refractivity contribution < 1.29 is 23.1 Å². The van der Waals surface area contributed by atoms with Crippen LogP contribution in [0.25, 0.3) is 0 Å². The van der Waals surface area contributed by atoms with Crippen LogP contribution in [0.4, 0.5) is 13.2 Å². The second kappa shape index (κ2) is 11.0. The molecule has 0 aromatic heterocycles. The van der Waals surface area contributed by atoms with Crippen molar-refractivity contribution in [3.8, 4) is 0 Å². The van der Waals surface area contributed by atoms with Gasteiger partial charge in [0.25, 0.3) is 0 Å². The van der Waals surface area contributed by atoms with E-state index >= 15 is 0 Å². The Kier molecular flexibility index (Phi) is 8.96. The van der Waals surface area contributed by atoms with Gasteiger partial charge in [0.05, 0.1) is 17.2 Å². The average molecular weight is 404 g/mol. The van der Waals surface area contributed by atoms with Crippen molar-refractivity contribution in [2.24, 2.45) is 0 Å². The van der Waals surface area contributed by atoms with E-state index in [1.807, 2.05) is 23.1 Å². The molecule has 1 saturated heterocycles. The highest BCUT2D eigenvalue weighted by atomic mass is 32.2. The minimum absolute atomic E-state index is 0.0428. The predicted octanol–water partition coefficient (Wildman–Crippen LogP) is 4.78. The third-order valence-corrected chi connectivity index (χ3v) is 6.07. The van der Waals surface area contributed by atoms with E-state index in [1.165, 1.54) is 5.56 Å². The normalized spacial score (nSPS) is 18.9. The van der Waals surface area contributed by atoms with Crippen LogP contribution in [0.2, 0.25) is 0 Å². The maximum Gasteiger partial charge on any atom is 0.389 e. The van der Waals surface area contributed by atoms with Crippen LogP contribution in [0.3, 0.4) is 0 Å². The van der Waals surface area contributed by atoms with E-state index in [4.69, 9.17) is 0 Å². The second-order valence-corrected chi connectivity index (χ2v) is 8.20. The van der Waals surface area contributed by atoms with Crippen LogP contribution < -0.4 is 0 Å². The van der Waals surface area contributed by atoms with Gasteiger partial charge in [-0.15, -0.1) is 11.8 Å². The number of aliphatic hydroxyl groups excluding tert-OH is 1. The van der Waals surface area contributed by atoms with Crippen molar-refractivity contribution in [3.05, 3.63) is 35.9 Å². The SMILES string of the molecule is O=C1CSC(CCCc2ccccc2)N1CCC(O)CCCCC(F)(F)F. The summed E-state index contributed by atoms with van der Waals surface area (Å²) in [6.45, 7) is 0.474. The zero-order valence-electron chi connectivity index (χ0n) is 15.5. The Hall–Kier alpha value is -1.21. The molecule has 1 aromatic rings. The maximum atomic E-state index is 12.1. The Morgan fingerprint density at radius 1 is 1.15 bits per heavy atom. The highest BCUT2D eigenvalue weighted by molar-refractivity contribution is 8.00. The summed E-state index contributed by atoms with van der Waals surface area (Å²) in [5.41, 5.74) is 1.28. The quantitative estimate of drug-likeness (QED) is 0.541. The standard InChI is InChI=1S/C20H28F3NO2S/c21-20(22,23)13-5-4-10-17(25)12-14-24-18(26)15-27-19(24)11-6-9-16-7-2-1-3-8-16/h1-3,7-8,17,19,25H,4-6,9-15H2. The molecule has 1 aromatic carbocycles. The molecule has 1 aliphatic rings. The number of carbonyl (C=O) groups excluding carboxylic acids is 1. The second-order valence-electron chi connectivity index (χ2n) is 7.03. The zero-order chi connectivity index (χ0) is 19.7. The first-order valence-corrected chi connectivity index (χ1v) is 10.6.